The Hall–Kier alpha value is -0.870. The van der Waals surface area contributed by atoms with E-state index in [1.54, 1.807) is 11.3 Å². The molecule has 1 amide bonds. The molecular formula is C13H20N2OS. The number of thiophene rings is 1. The van der Waals surface area contributed by atoms with E-state index in [4.69, 9.17) is 5.73 Å². The first kappa shape index (κ1) is 12.6. The second kappa shape index (κ2) is 5.65. The average molecular weight is 252 g/mol. The lowest BCUT2D eigenvalue weighted by Crippen LogP contribution is -2.44. The third-order valence-corrected chi connectivity index (χ3v) is 4.26. The molecule has 3 unspecified atom stereocenters. The van der Waals surface area contributed by atoms with Crippen molar-refractivity contribution >= 4 is 17.2 Å². The van der Waals surface area contributed by atoms with Crippen LogP contribution in [0.15, 0.2) is 16.8 Å². The fourth-order valence-corrected chi connectivity index (χ4v) is 3.16. The van der Waals surface area contributed by atoms with Gasteiger partial charge in [0, 0.05) is 6.04 Å². The van der Waals surface area contributed by atoms with Gasteiger partial charge in [0.15, 0.2) is 0 Å². The van der Waals surface area contributed by atoms with Gasteiger partial charge >= 0.3 is 0 Å². The van der Waals surface area contributed by atoms with Gasteiger partial charge in [0.25, 0.3) is 0 Å². The van der Waals surface area contributed by atoms with Gasteiger partial charge in [0.2, 0.25) is 5.91 Å². The molecule has 0 spiro atoms. The van der Waals surface area contributed by atoms with Gasteiger partial charge in [-0.05, 0) is 42.2 Å². The highest BCUT2D eigenvalue weighted by atomic mass is 32.1. The van der Waals surface area contributed by atoms with Crippen molar-refractivity contribution in [3.8, 4) is 0 Å². The van der Waals surface area contributed by atoms with E-state index in [1.807, 2.05) is 12.3 Å². The Morgan fingerprint density at radius 1 is 1.53 bits per heavy atom. The van der Waals surface area contributed by atoms with Crippen LogP contribution in [0.4, 0.5) is 0 Å². The lowest BCUT2D eigenvalue weighted by atomic mass is 9.84. The Kier molecular flexibility index (Phi) is 4.18. The number of hydrogen-bond donors (Lipinski definition) is 2. The molecule has 1 saturated carbocycles. The number of carbonyl (C=O) groups excluding carboxylic acids is 1. The molecule has 0 aromatic carbocycles. The van der Waals surface area contributed by atoms with Crippen molar-refractivity contribution in [1.82, 2.24) is 5.32 Å². The summed E-state index contributed by atoms with van der Waals surface area (Å²) in [6, 6.07) is 2.18. The first-order valence-corrected chi connectivity index (χ1v) is 7.21. The van der Waals surface area contributed by atoms with Crippen molar-refractivity contribution in [3.63, 3.8) is 0 Å². The molecule has 0 bridgehead atoms. The van der Waals surface area contributed by atoms with Crippen LogP contribution in [0, 0.1) is 5.92 Å². The summed E-state index contributed by atoms with van der Waals surface area (Å²) in [6.07, 6.45) is 4.19. The summed E-state index contributed by atoms with van der Waals surface area (Å²) in [5.41, 5.74) is 7.19. The van der Waals surface area contributed by atoms with Gasteiger partial charge in [-0.25, -0.2) is 0 Å². The van der Waals surface area contributed by atoms with Crippen molar-refractivity contribution in [2.45, 2.75) is 44.7 Å². The fourth-order valence-electron chi connectivity index (χ4n) is 2.41. The van der Waals surface area contributed by atoms with Crippen LogP contribution in [0.1, 0.15) is 44.2 Å². The molecule has 1 heterocycles. The van der Waals surface area contributed by atoms with E-state index in [0.717, 1.165) is 25.7 Å². The third kappa shape index (κ3) is 3.07. The first-order chi connectivity index (χ1) is 8.18. The highest BCUT2D eigenvalue weighted by molar-refractivity contribution is 7.07. The minimum atomic E-state index is 0.00448. The van der Waals surface area contributed by atoms with Crippen LogP contribution in [0.2, 0.25) is 0 Å². The van der Waals surface area contributed by atoms with Gasteiger partial charge in [-0.3, -0.25) is 4.79 Å². The third-order valence-electron chi connectivity index (χ3n) is 3.56. The summed E-state index contributed by atoms with van der Waals surface area (Å²) in [5.74, 6) is 0.126. The summed E-state index contributed by atoms with van der Waals surface area (Å²) in [6.45, 7) is 2.02. The van der Waals surface area contributed by atoms with Crippen molar-refractivity contribution < 1.29 is 4.79 Å². The number of rotatable bonds is 3. The monoisotopic (exact) mass is 252 g/mol. The van der Waals surface area contributed by atoms with Crippen LogP contribution in [0.5, 0.6) is 0 Å². The second-order valence-electron chi connectivity index (χ2n) is 4.84. The van der Waals surface area contributed by atoms with Crippen molar-refractivity contribution in [2.75, 3.05) is 0 Å². The molecule has 3 N–H and O–H groups in total. The van der Waals surface area contributed by atoms with Gasteiger partial charge < -0.3 is 11.1 Å². The standard InChI is InChI=1S/C13H20N2OS/c1-9(10-6-7-17-8-10)15-13(16)11-4-2-3-5-12(11)14/h6-9,11-12H,2-5,14H2,1H3,(H,15,16). The van der Waals surface area contributed by atoms with Gasteiger partial charge in [-0.15, -0.1) is 0 Å². The minimum Gasteiger partial charge on any atom is -0.349 e. The molecule has 1 fully saturated rings. The molecule has 3 atom stereocenters. The van der Waals surface area contributed by atoms with E-state index in [1.165, 1.54) is 5.56 Å². The molecule has 1 aliphatic rings. The van der Waals surface area contributed by atoms with E-state index < -0.39 is 0 Å². The zero-order valence-corrected chi connectivity index (χ0v) is 11.0. The number of nitrogens with one attached hydrogen (secondary N) is 1. The van der Waals surface area contributed by atoms with E-state index in [-0.39, 0.29) is 23.9 Å². The fraction of sp³-hybridized carbons (Fsp3) is 0.615. The summed E-state index contributed by atoms with van der Waals surface area (Å²) in [5, 5.41) is 7.18. The Morgan fingerprint density at radius 2 is 2.29 bits per heavy atom. The molecule has 0 aliphatic heterocycles. The Morgan fingerprint density at radius 3 is 2.94 bits per heavy atom. The Balaban J connectivity index is 1.92. The van der Waals surface area contributed by atoms with Crippen LogP contribution in [-0.4, -0.2) is 11.9 Å². The van der Waals surface area contributed by atoms with E-state index in [9.17, 15) is 4.79 Å². The zero-order valence-electron chi connectivity index (χ0n) is 10.2. The predicted molar refractivity (Wildman–Crippen MR) is 70.8 cm³/mol. The summed E-state index contributed by atoms with van der Waals surface area (Å²) >= 11 is 1.66. The van der Waals surface area contributed by atoms with Crippen molar-refractivity contribution in [1.29, 1.82) is 0 Å². The Labute approximate surface area is 106 Å². The van der Waals surface area contributed by atoms with E-state index >= 15 is 0 Å². The molecule has 1 aromatic heterocycles. The Bertz CT molecular complexity index is 364. The van der Waals surface area contributed by atoms with Gasteiger partial charge in [-0.1, -0.05) is 12.8 Å². The maximum atomic E-state index is 12.1. The number of nitrogens with two attached hydrogens (primary N) is 1. The second-order valence-corrected chi connectivity index (χ2v) is 5.62. The van der Waals surface area contributed by atoms with E-state index in [2.05, 4.69) is 16.8 Å². The number of amides is 1. The quantitative estimate of drug-likeness (QED) is 0.868. The lowest BCUT2D eigenvalue weighted by Gasteiger charge is -2.28. The molecular weight excluding hydrogens is 232 g/mol. The van der Waals surface area contributed by atoms with Crippen LogP contribution >= 0.6 is 11.3 Å². The SMILES string of the molecule is CC(NC(=O)C1CCCCC1N)c1ccsc1. The molecule has 0 saturated heterocycles. The highest BCUT2D eigenvalue weighted by Crippen LogP contribution is 2.24. The van der Waals surface area contributed by atoms with Gasteiger partial charge in [-0.2, -0.15) is 11.3 Å². The molecule has 1 aliphatic carbocycles. The topological polar surface area (TPSA) is 55.1 Å². The minimum absolute atomic E-state index is 0.00448. The normalized spacial score (nSPS) is 26.5. The molecule has 0 radical (unpaired) electrons. The summed E-state index contributed by atoms with van der Waals surface area (Å²) in [7, 11) is 0. The smallest absolute Gasteiger partial charge is 0.225 e. The van der Waals surface area contributed by atoms with Crippen LogP contribution in [0.25, 0.3) is 0 Å². The van der Waals surface area contributed by atoms with Crippen LogP contribution in [0.3, 0.4) is 0 Å². The molecule has 2 rings (SSSR count). The van der Waals surface area contributed by atoms with Gasteiger partial charge in [0.1, 0.15) is 0 Å². The molecule has 1 aromatic rings. The van der Waals surface area contributed by atoms with Crippen molar-refractivity contribution in [3.05, 3.63) is 22.4 Å². The number of hydrogen-bond acceptors (Lipinski definition) is 3. The van der Waals surface area contributed by atoms with Gasteiger partial charge in [0.05, 0.1) is 12.0 Å². The lowest BCUT2D eigenvalue weighted by molar-refractivity contribution is -0.127. The first-order valence-electron chi connectivity index (χ1n) is 6.26. The van der Waals surface area contributed by atoms with Crippen LogP contribution in [-0.2, 0) is 4.79 Å². The highest BCUT2D eigenvalue weighted by Gasteiger charge is 2.28. The van der Waals surface area contributed by atoms with Crippen LogP contribution < -0.4 is 11.1 Å². The summed E-state index contributed by atoms with van der Waals surface area (Å²) in [4.78, 5) is 12.1. The number of carbonyl (C=O) groups is 1. The summed E-state index contributed by atoms with van der Waals surface area (Å²) < 4.78 is 0. The predicted octanol–water partition coefficient (Wildman–Crippen LogP) is 2.44. The average Bonchev–Trinajstić information content (AvgIpc) is 2.82. The maximum absolute atomic E-state index is 12.1. The zero-order chi connectivity index (χ0) is 12.3. The molecule has 17 heavy (non-hydrogen) atoms. The molecule has 4 heteroatoms. The van der Waals surface area contributed by atoms with Crippen molar-refractivity contribution in [2.24, 2.45) is 11.7 Å². The molecule has 94 valence electrons. The van der Waals surface area contributed by atoms with E-state index in [0.29, 0.717) is 0 Å². The molecule has 3 nitrogen and oxygen atoms in total. The largest absolute Gasteiger partial charge is 0.349 e. The maximum Gasteiger partial charge on any atom is 0.225 e.